The Bertz CT molecular complexity index is 192. The van der Waals surface area contributed by atoms with Crippen molar-refractivity contribution in [2.75, 3.05) is 7.05 Å². The van der Waals surface area contributed by atoms with Crippen molar-refractivity contribution in [3.8, 4) is 0 Å². The minimum Gasteiger partial charge on any atom is -0.460 e. The molecule has 0 aromatic carbocycles. The summed E-state index contributed by atoms with van der Waals surface area (Å²) in [6, 6.07) is 0. The molecule has 0 spiro atoms. The molecule has 0 aliphatic heterocycles. The van der Waals surface area contributed by atoms with Gasteiger partial charge in [0.05, 0.1) is 0 Å². The third kappa shape index (κ3) is 9.23. The van der Waals surface area contributed by atoms with E-state index in [9.17, 15) is 4.79 Å². The third-order valence-corrected chi connectivity index (χ3v) is 1.57. The molecule has 0 saturated carbocycles. The van der Waals surface area contributed by atoms with Gasteiger partial charge in [-0.25, -0.2) is 0 Å². The van der Waals surface area contributed by atoms with E-state index in [1.54, 1.807) is 7.05 Å². The summed E-state index contributed by atoms with van der Waals surface area (Å²) in [7, 11) is 1.76. The fourth-order valence-electron chi connectivity index (χ4n) is 1.03. The maximum absolute atomic E-state index is 11.2. The number of nitrogens with zero attached hydrogens (tertiary/aromatic N) is 1. The summed E-state index contributed by atoms with van der Waals surface area (Å²) >= 11 is 0. The zero-order chi connectivity index (χ0) is 11.0. The molecule has 0 heterocycles. The van der Waals surface area contributed by atoms with Gasteiger partial charge in [-0.2, -0.15) is 0 Å². The van der Waals surface area contributed by atoms with E-state index in [4.69, 9.17) is 4.74 Å². The van der Waals surface area contributed by atoms with Crippen molar-refractivity contribution in [1.82, 2.24) is 0 Å². The summed E-state index contributed by atoms with van der Waals surface area (Å²) in [5.41, 5.74) is -0.359. The van der Waals surface area contributed by atoms with Gasteiger partial charge in [-0.05, 0) is 46.2 Å². The fourth-order valence-corrected chi connectivity index (χ4v) is 1.03. The highest BCUT2D eigenvalue weighted by molar-refractivity contribution is 5.69. The molecule has 0 bridgehead atoms. The van der Waals surface area contributed by atoms with Crippen LogP contribution in [0.15, 0.2) is 4.99 Å². The maximum Gasteiger partial charge on any atom is 0.306 e. The quantitative estimate of drug-likeness (QED) is 0.388. The van der Waals surface area contributed by atoms with Crippen molar-refractivity contribution in [2.45, 2.75) is 52.1 Å². The fraction of sp³-hybridized carbons (Fsp3) is 0.818. The first-order valence-electron chi connectivity index (χ1n) is 5.08. The Labute approximate surface area is 86.6 Å². The van der Waals surface area contributed by atoms with E-state index in [0.29, 0.717) is 6.42 Å². The van der Waals surface area contributed by atoms with Crippen molar-refractivity contribution >= 4 is 12.2 Å². The second-order valence-corrected chi connectivity index (χ2v) is 4.27. The minimum absolute atomic E-state index is 0.106. The smallest absolute Gasteiger partial charge is 0.306 e. The molecule has 0 rings (SSSR count). The normalized spacial score (nSPS) is 12.0. The number of carbonyl (C=O) groups is 1. The van der Waals surface area contributed by atoms with Crippen molar-refractivity contribution in [3.05, 3.63) is 0 Å². The Hall–Kier alpha value is -0.860. The van der Waals surface area contributed by atoms with Crippen LogP contribution in [-0.2, 0) is 9.53 Å². The lowest BCUT2D eigenvalue weighted by atomic mass is 10.1. The van der Waals surface area contributed by atoms with E-state index in [1.165, 1.54) is 0 Å². The molecule has 0 aliphatic rings. The molecular weight excluding hydrogens is 178 g/mol. The van der Waals surface area contributed by atoms with Crippen LogP contribution >= 0.6 is 0 Å². The summed E-state index contributed by atoms with van der Waals surface area (Å²) in [6.45, 7) is 5.65. The van der Waals surface area contributed by atoms with Crippen LogP contribution in [0.4, 0.5) is 0 Å². The minimum atomic E-state index is -0.359. The average molecular weight is 199 g/mol. The van der Waals surface area contributed by atoms with Crippen LogP contribution in [0.5, 0.6) is 0 Å². The molecule has 0 unspecified atom stereocenters. The lowest BCUT2D eigenvalue weighted by Gasteiger charge is -2.19. The van der Waals surface area contributed by atoms with Gasteiger partial charge in [0, 0.05) is 13.5 Å². The van der Waals surface area contributed by atoms with Gasteiger partial charge in [0.1, 0.15) is 5.60 Å². The topological polar surface area (TPSA) is 38.7 Å². The number of ether oxygens (including phenoxy) is 1. The second kappa shape index (κ2) is 6.57. The predicted octanol–water partition coefficient (Wildman–Crippen LogP) is 2.59. The number of rotatable bonds is 5. The molecule has 0 fully saturated rings. The number of esters is 1. The van der Waals surface area contributed by atoms with Crippen LogP contribution < -0.4 is 0 Å². The van der Waals surface area contributed by atoms with E-state index < -0.39 is 0 Å². The number of unbranched alkanes of at least 4 members (excludes halogenated alkanes) is 2. The van der Waals surface area contributed by atoms with Crippen molar-refractivity contribution in [2.24, 2.45) is 4.99 Å². The highest BCUT2D eigenvalue weighted by Gasteiger charge is 2.15. The van der Waals surface area contributed by atoms with Gasteiger partial charge in [-0.3, -0.25) is 4.79 Å². The molecule has 0 aromatic heterocycles. The monoisotopic (exact) mass is 199 g/mol. The number of carbonyl (C=O) groups excluding carboxylic acids is 1. The lowest BCUT2D eigenvalue weighted by molar-refractivity contribution is -0.154. The Balaban J connectivity index is 3.45. The van der Waals surface area contributed by atoms with Gasteiger partial charge in [0.2, 0.25) is 0 Å². The molecule has 0 radical (unpaired) electrons. The molecule has 0 amide bonds. The molecule has 82 valence electrons. The zero-order valence-corrected chi connectivity index (χ0v) is 9.67. The first-order valence-corrected chi connectivity index (χ1v) is 5.08. The molecule has 0 aliphatic carbocycles. The molecule has 0 aromatic rings. The zero-order valence-electron chi connectivity index (χ0n) is 9.67. The first-order chi connectivity index (χ1) is 6.45. The third-order valence-electron chi connectivity index (χ3n) is 1.57. The van der Waals surface area contributed by atoms with Gasteiger partial charge in [0.25, 0.3) is 0 Å². The summed E-state index contributed by atoms with van der Waals surface area (Å²) in [6.07, 6.45) is 5.20. The maximum atomic E-state index is 11.2. The van der Waals surface area contributed by atoms with E-state index in [2.05, 4.69) is 4.99 Å². The van der Waals surface area contributed by atoms with Gasteiger partial charge in [-0.15, -0.1) is 0 Å². The van der Waals surface area contributed by atoms with Crippen LogP contribution in [0, 0.1) is 0 Å². The van der Waals surface area contributed by atoms with Gasteiger partial charge in [-0.1, -0.05) is 0 Å². The van der Waals surface area contributed by atoms with E-state index in [-0.39, 0.29) is 11.6 Å². The summed E-state index contributed by atoms with van der Waals surface area (Å²) in [4.78, 5) is 15.1. The summed E-state index contributed by atoms with van der Waals surface area (Å²) in [5.74, 6) is -0.106. The van der Waals surface area contributed by atoms with Crippen LogP contribution in [0.2, 0.25) is 0 Å². The average Bonchev–Trinajstić information content (AvgIpc) is 2.00. The Morgan fingerprint density at radius 1 is 1.36 bits per heavy atom. The lowest BCUT2D eigenvalue weighted by Crippen LogP contribution is -2.23. The number of hydrogen-bond donors (Lipinski definition) is 0. The second-order valence-electron chi connectivity index (χ2n) is 4.27. The Kier molecular flexibility index (Phi) is 6.17. The van der Waals surface area contributed by atoms with E-state index in [1.807, 2.05) is 27.0 Å². The number of hydrogen-bond acceptors (Lipinski definition) is 3. The van der Waals surface area contributed by atoms with Gasteiger partial charge in [0.15, 0.2) is 0 Å². The van der Waals surface area contributed by atoms with Crippen molar-refractivity contribution in [1.29, 1.82) is 0 Å². The highest BCUT2D eigenvalue weighted by atomic mass is 16.6. The molecule has 0 N–H and O–H groups in total. The molecule has 3 nitrogen and oxygen atoms in total. The number of aliphatic imine (C=N–C) groups is 1. The van der Waals surface area contributed by atoms with Crippen LogP contribution in [0.3, 0.4) is 0 Å². The van der Waals surface area contributed by atoms with Crippen LogP contribution in [0.1, 0.15) is 46.5 Å². The molecule has 14 heavy (non-hydrogen) atoms. The molecular formula is C11H21NO2. The SMILES string of the molecule is C/N=C/CCCCC(=O)OC(C)(C)C. The molecule has 3 heteroatoms. The summed E-state index contributed by atoms with van der Waals surface area (Å²) < 4.78 is 5.17. The highest BCUT2D eigenvalue weighted by Crippen LogP contribution is 2.10. The molecule has 0 atom stereocenters. The van der Waals surface area contributed by atoms with Crippen LogP contribution in [-0.4, -0.2) is 24.8 Å². The largest absolute Gasteiger partial charge is 0.460 e. The van der Waals surface area contributed by atoms with E-state index in [0.717, 1.165) is 19.3 Å². The van der Waals surface area contributed by atoms with Crippen molar-refractivity contribution in [3.63, 3.8) is 0 Å². The Morgan fingerprint density at radius 3 is 2.50 bits per heavy atom. The standard InChI is InChI=1S/C11H21NO2/c1-11(2,3)14-10(13)8-6-5-7-9-12-4/h9H,5-8H2,1-4H3/b12-9+. The Morgan fingerprint density at radius 2 is 2.00 bits per heavy atom. The van der Waals surface area contributed by atoms with E-state index >= 15 is 0 Å². The van der Waals surface area contributed by atoms with Gasteiger partial charge >= 0.3 is 5.97 Å². The predicted molar refractivity (Wildman–Crippen MR) is 58.7 cm³/mol. The molecule has 0 saturated heterocycles. The first kappa shape index (κ1) is 13.1. The summed E-state index contributed by atoms with van der Waals surface area (Å²) in [5, 5.41) is 0. The van der Waals surface area contributed by atoms with Gasteiger partial charge < -0.3 is 9.73 Å². The van der Waals surface area contributed by atoms with Crippen LogP contribution in [0.25, 0.3) is 0 Å². The van der Waals surface area contributed by atoms with Crippen molar-refractivity contribution < 1.29 is 9.53 Å².